The van der Waals surface area contributed by atoms with E-state index in [9.17, 15) is 9.59 Å². The molecule has 0 radical (unpaired) electrons. The highest BCUT2D eigenvalue weighted by Crippen LogP contribution is 2.24. The van der Waals surface area contributed by atoms with E-state index in [1.165, 1.54) is 13.4 Å². The Morgan fingerprint density at radius 1 is 1.14 bits per heavy atom. The summed E-state index contributed by atoms with van der Waals surface area (Å²) >= 11 is 0. The zero-order chi connectivity index (χ0) is 15.2. The SMILES string of the molecule is COC(=O)C(CC(=O)c1ccc(OC)cc1)c1ccco1. The summed E-state index contributed by atoms with van der Waals surface area (Å²) in [4.78, 5) is 24.1. The molecule has 2 rings (SSSR count). The van der Waals surface area contributed by atoms with Crippen molar-refractivity contribution in [3.63, 3.8) is 0 Å². The monoisotopic (exact) mass is 288 g/mol. The van der Waals surface area contributed by atoms with Crippen molar-refractivity contribution < 1.29 is 23.5 Å². The van der Waals surface area contributed by atoms with E-state index in [0.717, 1.165) is 0 Å². The second-order valence-corrected chi connectivity index (χ2v) is 4.45. The van der Waals surface area contributed by atoms with Crippen LogP contribution in [0, 0.1) is 0 Å². The van der Waals surface area contributed by atoms with Crippen LogP contribution in [0.15, 0.2) is 47.1 Å². The Morgan fingerprint density at radius 3 is 2.38 bits per heavy atom. The van der Waals surface area contributed by atoms with Crippen LogP contribution in [0.25, 0.3) is 0 Å². The highest BCUT2D eigenvalue weighted by molar-refractivity contribution is 5.99. The molecule has 0 fully saturated rings. The summed E-state index contributed by atoms with van der Waals surface area (Å²) in [5, 5.41) is 0. The summed E-state index contributed by atoms with van der Waals surface area (Å²) in [7, 11) is 2.84. The molecule has 0 bridgehead atoms. The molecule has 0 saturated carbocycles. The minimum atomic E-state index is -0.736. The van der Waals surface area contributed by atoms with Crippen LogP contribution in [0.1, 0.15) is 28.5 Å². The minimum Gasteiger partial charge on any atom is -0.497 e. The number of ether oxygens (including phenoxy) is 2. The number of ketones is 1. The minimum absolute atomic E-state index is 0.00743. The van der Waals surface area contributed by atoms with E-state index in [4.69, 9.17) is 13.9 Å². The predicted octanol–water partition coefficient (Wildman–Crippen LogP) is 2.82. The highest BCUT2D eigenvalue weighted by atomic mass is 16.5. The zero-order valence-corrected chi connectivity index (χ0v) is 11.9. The lowest BCUT2D eigenvalue weighted by Gasteiger charge is -2.11. The Labute approximate surface area is 122 Å². The van der Waals surface area contributed by atoms with Crippen molar-refractivity contribution in [2.45, 2.75) is 12.3 Å². The number of esters is 1. The number of benzene rings is 1. The van der Waals surface area contributed by atoms with Gasteiger partial charge in [-0.2, -0.15) is 0 Å². The van der Waals surface area contributed by atoms with Gasteiger partial charge < -0.3 is 13.9 Å². The van der Waals surface area contributed by atoms with E-state index < -0.39 is 11.9 Å². The van der Waals surface area contributed by atoms with Gasteiger partial charge in [0, 0.05) is 12.0 Å². The van der Waals surface area contributed by atoms with Crippen LogP contribution in [-0.2, 0) is 9.53 Å². The molecule has 1 heterocycles. The standard InChI is InChI=1S/C16H16O5/c1-19-12-7-5-11(6-8-12)14(17)10-13(16(18)20-2)15-4-3-9-21-15/h3-9,13H,10H2,1-2H3. The number of rotatable bonds is 6. The largest absolute Gasteiger partial charge is 0.497 e. The van der Waals surface area contributed by atoms with Gasteiger partial charge in [0.25, 0.3) is 0 Å². The Hall–Kier alpha value is -2.56. The number of furan rings is 1. The third-order valence-corrected chi connectivity index (χ3v) is 3.17. The molecule has 5 nitrogen and oxygen atoms in total. The smallest absolute Gasteiger partial charge is 0.316 e. The van der Waals surface area contributed by atoms with Gasteiger partial charge in [-0.3, -0.25) is 9.59 Å². The van der Waals surface area contributed by atoms with Crippen molar-refractivity contribution in [1.29, 1.82) is 0 Å². The van der Waals surface area contributed by atoms with E-state index in [-0.39, 0.29) is 12.2 Å². The van der Waals surface area contributed by atoms with E-state index in [0.29, 0.717) is 17.1 Å². The van der Waals surface area contributed by atoms with E-state index in [1.807, 2.05) is 0 Å². The summed E-state index contributed by atoms with van der Waals surface area (Å²) in [5.41, 5.74) is 0.510. The molecule has 1 aromatic heterocycles. The number of hydrogen-bond donors (Lipinski definition) is 0. The number of methoxy groups -OCH3 is 2. The van der Waals surface area contributed by atoms with Gasteiger partial charge >= 0.3 is 5.97 Å². The molecule has 2 aromatic rings. The molecule has 0 aliphatic carbocycles. The van der Waals surface area contributed by atoms with Crippen LogP contribution in [0.4, 0.5) is 0 Å². The van der Waals surface area contributed by atoms with Crippen LogP contribution < -0.4 is 4.74 Å². The average Bonchev–Trinajstić information content (AvgIpc) is 3.05. The molecule has 0 aliphatic heterocycles. The van der Waals surface area contributed by atoms with Crippen LogP contribution in [0.5, 0.6) is 5.75 Å². The topological polar surface area (TPSA) is 65.7 Å². The number of carbonyl (C=O) groups excluding carboxylic acids is 2. The lowest BCUT2D eigenvalue weighted by Crippen LogP contribution is -2.17. The predicted molar refractivity (Wildman–Crippen MR) is 75.4 cm³/mol. The molecule has 21 heavy (non-hydrogen) atoms. The first-order valence-electron chi connectivity index (χ1n) is 6.44. The van der Waals surface area contributed by atoms with Gasteiger partial charge in [0.05, 0.1) is 20.5 Å². The molecule has 110 valence electrons. The van der Waals surface area contributed by atoms with Crippen molar-refractivity contribution in [1.82, 2.24) is 0 Å². The lowest BCUT2D eigenvalue weighted by molar-refractivity contribution is -0.142. The van der Waals surface area contributed by atoms with Crippen molar-refractivity contribution in [3.8, 4) is 5.75 Å². The van der Waals surface area contributed by atoms with Crippen molar-refractivity contribution in [3.05, 3.63) is 54.0 Å². The molecule has 5 heteroatoms. The second kappa shape index (κ2) is 6.74. The summed E-state index contributed by atoms with van der Waals surface area (Å²) in [6.07, 6.45) is 1.45. The fourth-order valence-electron chi connectivity index (χ4n) is 2.01. The molecular formula is C16H16O5. The normalized spacial score (nSPS) is 11.7. The van der Waals surface area contributed by atoms with Gasteiger partial charge in [0.15, 0.2) is 5.78 Å². The number of carbonyl (C=O) groups is 2. The Balaban J connectivity index is 2.16. The maximum atomic E-state index is 12.3. The molecule has 0 aliphatic rings. The Bertz CT molecular complexity index is 598. The summed E-state index contributed by atoms with van der Waals surface area (Å²) in [6.45, 7) is 0. The summed E-state index contributed by atoms with van der Waals surface area (Å²) < 4.78 is 15.0. The van der Waals surface area contributed by atoms with Gasteiger partial charge in [0.2, 0.25) is 0 Å². The molecule has 1 unspecified atom stereocenters. The molecule has 0 saturated heterocycles. The molecule has 1 aromatic carbocycles. The van der Waals surface area contributed by atoms with Crippen LogP contribution in [0.3, 0.4) is 0 Å². The van der Waals surface area contributed by atoms with E-state index >= 15 is 0 Å². The van der Waals surface area contributed by atoms with Gasteiger partial charge in [-0.1, -0.05) is 0 Å². The quantitative estimate of drug-likeness (QED) is 0.604. The highest BCUT2D eigenvalue weighted by Gasteiger charge is 2.27. The fourth-order valence-corrected chi connectivity index (χ4v) is 2.01. The Morgan fingerprint density at radius 2 is 1.86 bits per heavy atom. The molecule has 0 amide bonds. The summed E-state index contributed by atoms with van der Waals surface area (Å²) in [6, 6.07) is 10.1. The average molecular weight is 288 g/mol. The third kappa shape index (κ3) is 3.51. The lowest BCUT2D eigenvalue weighted by atomic mass is 9.96. The zero-order valence-electron chi connectivity index (χ0n) is 11.9. The Kier molecular flexibility index (Phi) is 4.77. The summed E-state index contributed by atoms with van der Waals surface area (Å²) in [5.74, 6) is -0.304. The second-order valence-electron chi connectivity index (χ2n) is 4.45. The van der Waals surface area contributed by atoms with E-state index in [2.05, 4.69) is 0 Å². The molecule has 1 atom stereocenters. The first kappa shape index (κ1) is 14.8. The van der Waals surface area contributed by atoms with Gasteiger partial charge in [0.1, 0.15) is 17.4 Å². The molecule has 0 spiro atoms. The first-order chi connectivity index (χ1) is 10.2. The molecular weight excluding hydrogens is 272 g/mol. The number of hydrogen-bond acceptors (Lipinski definition) is 5. The first-order valence-corrected chi connectivity index (χ1v) is 6.44. The van der Waals surface area contributed by atoms with Crippen molar-refractivity contribution in [2.75, 3.05) is 14.2 Å². The van der Waals surface area contributed by atoms with Crippen LogP contribution in [-0.4, -0.2) is 26.0 Å². The van der Waals surface area contributed by atoms with Crippen molar-refractivity contribution >= 4 is 11.8 Å². The van der Waals surface area contributed by atoms with Crippen molar-refractivity contribution in [2.24, 2.45) is 0 Å². The maximum Gasteiger partial charge on any atom is 0.316 e. The third-order valence-electron chi connectivity index (χ3n) is 3.17. The van der Waals surface area contributed by atoms with Gasteiger partial charge in [-0.15, -0.1) is 0 Å². The molecule has 0 N–H and O–H groups in total. The van der Waals surface area contributed by atoms with Gasteiger partial charge in [-0.25, -0.2) is 0 Å². The van der Waals surface area contributed by atoms with Crippen LogP contribution >= 0.6 is 0 Å². The van der Waals surface area contributed by atoms with E-state index in [1.54, 1.807) is 43.5 Å². The fraction of sp³-hybridized carbons (Fsp3) is 0.250. The van der Waals surface area contributed by atoms with Gasteiger partial charge in [-0.05, 0) is 36.4 Å². The number of Topliss-reactive ketones (excluding diaryl/α,β-unsaturated/α-hetero) is 1. The van der Waals surface area contributed by atoms with Crippen LogP contribution in [0.2, 0.25) is 0 Å². The maximum absolute atomic E-state index is 12.3.